The molecular weight excluding hydrogens is 268 g/mol. The Bertz CT molecular complexity index is 666. The van der Waals surface area contributed by atoms with Crippen molar-refractivity contribution >= 4 is 12.2 Å². The van der Waals surface area contributed by atoms with Crippen LogP contribution in [0, 0.1) is 4.64 Å². The van der Waals surface area contributed by atoms with Crippen LogP contribution < -0.4 is 4.74 Å². The number of aryl methyl sites for hydroxylation is 1. The van der Waals surface area contributed by atoms with Gasteiger partial charge in [0.05, 0.1) is 6.61 Å². The van der Waals surface area contributed by atoms with Crippen LogP contribution in [0.15, 0.2) is 30.3 Å². The van der Waals surface area contributed by atoms with Gasteiger partial charge in [0.2, 0.25) is 0 Å². The summed E-state index contributed by atoms with van der Waals surface area (Å²) in [5.41, 5.74) is 2.37. The van der Waals surface area contributed by atoms with E-state index in [2.05, 4.69) is 23.0 Å². The van der Waals surface area contributed by atoms with E-state index in [1.807, 2.05) is 24.3 Å². The van der Waals surface area contributed by atoms with Crippen molar-refractivity contribution in [3.8, 4) is 5.75 Å². The number of aromatic amines is 1. The highest BCUT2D eigenvalue weighted by molar-refractivity contribution is 7.71. The molecule has 1 aliphatic heterocycles. The molecule has 0 amide bonds. The van der Waals surface area contributed by atoms with E-state index in [1.54, 1.807) is 0 Å². The van der Waals surface area contributed by atoms with Gasteiger partial charge in [-0.15, -0.1) is 0 Å². The SMILES string of the molecule is CCCc1cc(=S)nc(C2CCOc3ccccc32)[nH]1. The number of ether oxygens (including phenoxy) is 1. The summed E-state index contributed by atoms with van der Waals surface area (Å²) in [6, 6.07) is 10.2. The van der Waals surface area contributed by atoms with Gasteiger partial charge < -0.3 is 9.72 Å². The Kier molecular flexibility index (Phi) is 3.83. The molecule has 0 spiro atoms. The lowest BCUT2D eigenvalue weighted by atomic mass is 9.92. The minimum atomic E-state index is 0.249. The van der Waals surface area contributed by atoms with E-state index < -0.39 is 0 Å². The molecule has 0 bridgehead atoms. The van der Waals surface area contributed by atoms with Crippen LogP contribution in [-0.4, -0.2) is 16.6 Å². The number of H-pyrrole nitrogens is 1. The van der Waals surface area contributed by atoms with Gasteiger partial charge in [0.15, 0.2) is 0 Å². The molecule has 2 heterocycles. The summed E-state index contributed by atoms with van der Waals surface area (Å²) in [7, 11) is 0. The Morgan fingerprint density at radius 2 is 2.25 bits per heavy atom. The van der Waals surface area contributed by atoms with Gasteiger partial charge in [-0.25, -0.2) is 4.98 Å². The van der Waals surface area contributed by atoms with Crippen LogP contribution in [0.5, 0.6) is 5.75 Å². The molecule has 20 heavy (non-hydrogen) atoms. The van der Waals surface area contributed by atoms with Gasteiger partial charge in [0.25, 0.3) is 0 Å². The van der Waals surface area contributed by atoms with Gasteiger partial charge in [-0.2, -0.15) is 0 Å². The predicted octanol–water partition coefficient (Wildman–Crippen LogP) is 4.01. The third kappa shape index (κ3) is 2.61. The van der Waals surface area contributed by atoms with E-state index in [1.165, 1.54) is 11.3 Å². The lowest BCUT2D eigenvalue weighted by Gasteiger charge is -2.25. The van der Waals surface area contributed by atoms with Crippen LogP contribution >= 0.6 is 12.2 Å². The highest BCUT2D eigenvalue weighted by atomic mass is 32.1. The maximum absolute atomic E-state index is 5.72. The molecule has 0 saturated carbocycles. The second-order valence-corrected chi connectivity index (χ2v) is 5.53. The van der Waals surface area contributed by atoms with E-state index in [0.29, 0.717) is 4.64 Å². The van der Waals surface area contributed by atoms with Crippen LogP contribution in [0.4, 0.5) is 0 Å². The zero-order valence-corrected chi connectivity index (χ0v) is 12.4. The first-order valence-corrected chi connectivity index (χ1v) is 7.50. The molecule has 4 heteroatoms. The van der Waals surface area contributed by atoms with E-state index in [-0.39, 0.29) is 5.92 Å². The lowest BCUT2D eigenvalue weighted by Crippen LogP contribution is -2.17. The molecule has 1 atom stereocenters. The molecule has 2 aromatic rings. The number of hydrogen-bond acceptors (Lipinski definition) is 3. The number of hydrogen-bond donors (Lipinski definition) is 1. The molecule has 0 fully saturated rings. The Morgan fingerprint density at radius 3 is 3.10 bits per heavy atom. The highest BCUT2D eigenvalue weighted by Crippen LogP contribution is 2.36. The average molecular weight is 286 g/mol. The standard InChI is InChI=1S/C16H18N2OS/c1-2-5-11-10-15(20)18-16(17-11)13-8-9-19-14-7-4-3-6-12(13)14/h3-4,6-7,10,13H,2,5,8-9H2,1H3,(H,17,18,20). The number of fused-ring (bicyclic) bond motifs is 1. The van der Waals surface area contributed by atoms with Crippen LogP contribution in [0.25, 0.3) is 0 Å². The Hall–Kier alpha value is -1.68. The van der Waals surface area contributed by atoms with Gasteiger partial charge in [-0.05, 0) is 25.0 Å². The van der Waals surface area contributed by atoms with Crippen molar-refractivity contribution in [2.45, 2.75) is 32.1 Å². The molecule has 0 radical (unpaired) electrons. The number of benzene rings is 1. The molecule has 1 aromatic heterocycles. The van der Waals surface area contributed by atoms with E-state index in [4.69, 9.17) is 17.0 Å². The fraction of sp³-hybridized carbons (Fsp3) is 0.375. The zero-order chi connectivity index (χ0) is 13.9. The Morgan fingerprint density at radius 1 is 1.40 bits per heavy atom. The zero-order valence-electron chi connectivity index (χ0n) is 11.6. The molecule has 1 aliphatic rings. The van der Waals surface area contributed by atoms with Crippen molar-refractivity contribution in [2.75, 3.05) is 6.61 Å². The van der Waals surface area contributed by atoms with Crippen molar-refractivity contribution in [3.63, 3.8) is 0 Å². The number of nitrogens with zero attached hydrogens (tertiary/aromatic N) is 1. The first-order valence-electron chi connectivity index (χ1n) is 7.10. The second-order valence-electron chi connectivity index (χ2n) is 5.11. The minimum Gasteiger partial charge on any atom is -0.493 e. The third-order valence-electron chi connectivity index (χ3n) is 3.62. The van der Waals surface area contributed by atoms with E-state index in [0.717, 1.165) is 37.4 Å². The number of rotatable bonds is 3. The summed E-state index contributed by atoms with van der Waals surface area (Å²) in [5.74, 6) is 2.18. The normalized spacial score (nSPS) is 17.4. The van der Waals surface area contributed by atoms with E-state index >= 15 is 0 Å². The topological polar surface area (TPSA) is 37.9 Å². The molecule has 1 N–H and O–H groups in total. The van der Waals surface area contributed by atoms with Crippen LogP contribution in [0.1, 0.15) is 42.8 Å². The Balaban J connectivity index is 2.04. The maximum Gasteiger partial charge on any atom is 0.130 e. The summed E-state index contributed by atoms with van der Waals surface area (Å²) in [6.45, 7) is 2.89. The van der Waals surface area contributed by atoms with Gasteiger partial charge >= 0.3 is 0 Å². The third-order valence-corrected chi connectivity index (χ3v) is 3.83. The molecule has 1 unspecified atom stereocenters. The summed E-state index contributed by atoms with van der Waals surface area (Å²) in [5, 5.41) is 0. The molecule has 0 aliphatic carbocycles. The maximum atomic E-state index is 5.72. The minimum absolute atomic E-state index is 0.249. The van der Waals surface area contributed by atoms with Gasteiger partial charge in [0, 0.05) is 17.2 Å². The number of nitrogens with one attached hydrogen (secondary N) is 1. The smallest absolute Gasteiger partial charge is 0.130 e. The fourth-order valence-electron chi connectivity index (χ4n) is 2.72. The molecule has 104 valence electrons. The quantitative estimate of drug-likeness (QED) is 0.866. The van der Waals surface area contributed by atoms with Crippen LogP contribution in [0.3, 0.4) is 0 Å². The first-order chi connectivity index (χ1) is 9.78. The summed E-state index contributed by atoms with van der Waals surface area (Å²) >= 11 is 5.31. The van der Waals surface area contributed by atoms with Crippen LogP contribution in [0.2, 0.25) is 0 Å². The van der Waals surface area contributed by atoms with Crippen molar-refractivity contribution in [2.24, 2.45) is 0 Å². The second kappa shape index (κ2) is 5.75. The summed E-state index contributed by atoms with van der Waals surface area (Å²) in [4.78, 5) is 8.01. The molecule has 0 saturated heterocycles. The van der Waals surface area contributed by atoms with E-state index in [9.17, 15) is 0 Å². The number of para-hydroxylation sites is 1. The summed E-state index contributed by atoms with van der Waals surface area (Å²) < 4.78 is 6.39. The average Bonchev–Trinajstić information content (AvgIpc) is 2.46. The van der Waals surface area contributed by atoms with Gasteiger partial charge in [-0.1, -0.05) is 43.8 Å². The lowest BCUT2D eigenvalue weighted by molar-refractivity contribution is 0.274. The Labute approximate surface area is 124 Å². The number of aromatic nitrogens is 2. The fourth-order valence-corrected chi connectivity index (χ4v) is 2.96. The van der Waals surface area contributed by atoms with Gasteiger partial charge in [0.1, 0.15) is 16.2 Å². The summed E-state index contributed by atoms with van der Waals surface area (Å²) in [6.07, 6.45) is 3.04. The highest BCUT2D eigenvalue weighted by Gasteiger charge is 2.24. The van der Waals surface area contributed by atoms with Crippen molar-refractivity contribution in [1.29, 1.82) is 0 Å². The molecular formula is C16H18N2OS. The first kappa shape index (κ1) is 13.3. The molecule has 3 rings (SSSR count). The van der Waals surface area contributed by atoms with Crippen molar-refractivity contribution in [3.05, 3.63) is 52.1 Å². The van der Waals surface area contributed by atoms with Crippen LogP contribution in [-0.2, 0) is 6.42 Å². The molecule has 3 nitrogen and oxygen atoms in total. The monoisotopic (exact) mass is 286 g/mol. The van der Waals surface area contributed by atoms with Crippen molar-refractivity contribution < 1.29 is 4.74 Å². The molecule has 1 aromatic carbocycles. The predicted molar refractivity (Wildman–Crippen MR) is 81.8 cm³/mol. The van der Waals surface area contributed by atoms with Gasteiger partial charge in [-0.3, -0.25) is 0 Å². The largest absolute Gasteiger partial charge is 0.493 e. The van der Waals surface area contributed by atoms with Crippen molar-refractivity contribution in [1.82, 2.24) is 9.97 Å².